The van der Waals surface area contributed by atoms with Crippen molar-refractivity contribution >= 4 is 97.1 Å². The zero-order valence-corrected chi connectivity index (χ0v) is 50.0. The van der Waals surface area contributed by atoms with Gasteiger partial charge in [-0.15, -0.1) is 0 Å². The number of unbranched alkanes of at least 4 members (excludes halogenated alkanes) is 2. The lowest BCUT2D eigenvalue weighted by molar-refractivity contribution is -0.137. The minimum absolute atomic E-state index is 0.00690. The smallest absolute Gasteiger partial charge is 0.445 e. The van der Waals surface area contributed by atoms with Gasteiger partial charge in [0.1, 0.15) is 55.0 Å². The molecule has 39 heteroatoms. The van der Waals surface area contributed by atoms with E-state index in [1.54, 1.807) is 26.0 Å². The molecule has 4 aliphatic heterocycles. The average Bonchev–Trinajstić information content (AvgIpc) is 1.63. The van der Waals surface area contributed by atoms with Crippen molar-refractivity contribution in [3.63, 3.8) is 0 Å². The number of nitrogen functional groups attached to an aromatic ring is 2. The van der Waals surface area contributed by atoms with Crippen molar-refractivity contribution < 1.29 is 89.9 Å². The van der Waals surface area contributed by atoms with Gasteiger partial charge < -0.3 is 72.9 Å². The molecule has 15 N–H and O–H groups in total. The van der Waals surface area contributed by atoms with Crippen molar-refractivity contribution in [3.8, 4) is 0 Å². The summed E-state index contributed by atoms with van der Waals surface area (Å²) in [5.41, 5.74) is 16.9. The molecule has 90 heavy (non-hydrogen) atoms. The molecule has 3 fully saturated rings. The molecule has 4 aromatic heterocycles. The first-order valence-corrected chi connectivity index (χ1v) is 31.3. The van der Waals surface area contributed by atoms with Crippen LogP contribution in [-0.4, -0.2) is 176 Å². The lowest BCUT2D eigenvalue weighted by Gasteiger charge is -2.27. The molecule has 486 valence electrons. The fourth-order valence-electron chi connectivity index (χ4n) is 10.4. The van der Waals surface area contributed by atoms with Crippen LogP contribution in [0.15, 0.2) is 60.2 Å². The van der Waals surface area contributed by atoms with Gasteiger partial charge in [-0.1, -0.05) is 32.4 Å². The third-order valence-corrected chi connectivity index (χ3v) is 16.9. The molecule has 2 bridgehead atoms. The van der Waals surface area contributed by atoms with Crippen molar-refractivity contribution in [1.82, 2.24) is 65.2 Å². The summed E-state index contributed by atoms with van der Waals surface area (Å²) in [6, 6.07) is 3.12. The number of nitrogens with two attached hydrogens (primary N) is 3. The first-order chi connectivity index (χ1) is 42.8. The second-order valence-electron chi connectivity index (χ2n) is 21.5. The largest absolute Gasteiger partial charge is 0.472 e. The van der Waals surface area contributed by atoms with E-state index >= 15 is 0 Å². The number of nitrogens with zero attached hydrogens (tertiary/aromatic N) is 8. The zero-order valence-electron chi connectivity index (χ0n) is 48.2. The highest BCUT2D eigenvalue weighted by Crippen LogP contribution is 2.55. The van der Waals surface area contributed by atoms with Crippen molar-refractivity contribution in [2.24, 2.45) is 17.6 Å². The van der Waals surface area contributed by atoms with Crippen LogP contribution in [0.5, 0.6) is 0 Å². The Morgan fingerprint density at radius 2 is 1.46 bits per heavy atom. The van der Waals surface area contributed by atoms with Crippen LogP contribution in [-0.2, 0) is 72.0 Å². The summed E-state index contributed by atoms with van der Waals surface area (Å²) in [6.07, 6.45) is -4.58. The number of phosphoric acid groups is 2. The maximum atomic E-state index is 14.1. The maximum Gasteiger partial charge on any atom is 0.472 e. The van der Waals surface area contributed by atoms with Crippen LogP contribution >= 0.6 is 15.6 Å². The minimum atomic E-state index is -5.30. The maximum absolute atomic E-state index is 14.1. The Kier molecular flexibility index (Phi) is 21.0. The fourth-order valence-corrected chi connectivity index (χ4v) is 12.3. The summed E-state index contributed by atoms with van der Waals surface area (Å²) in [5.74, 6) is -4.37. The van der Waals surface area contributed by atoms with Gasteiger partial charge in [0.2, 0.25) is 23.7 Å². The molecule has 9 rings (SSSR count). The molecule has 0 aliphatic carbocycles. The van der Waals surface area contributed by atoms with Crippen LogP contribution in [0.4, 0.5) is 27.0 Å². The number of carbonyl (C=O) groups excluding carboxylic acids is 7. The molecule has 8 amide bonds. The predicted molar refractivity (Wildman–Crippen MR) is 309 cm³/mol. The number of aromatic nitrogens is 8. The number of rotatable bonds is 23. The fraction of sp³-hybridized carbons (Fsp3) is 0.510. The van der Waals surface area contributed by atoms with Gasteiger partial charge in [-0.25, -0.2) is 38.7 Å². The molecular formula is C51H67N17O20P2. The molecule has 0 saturated carbocycles. The van der Waals surface area contributed by atoms with E-state index in [0.29, 0.717) is 24.8 Å². The molecule has 37 nitrogen and oxygen atoms in total. The van der Waals surface area contributed by atoms with Gasteiger partial charge >= 0.3 is 27.8 Å². The lowest BCUT2D eigenvalue weighted by atomic mass is 9.94. The zero-order chi connectivity index (χ0) is 64.6. The topological polar surface area (TPSA) is 528 Å². The number of ether oxygens (including phenoxy) is 3. The van der Waals surface area contributed by atoms with Crippen LogP contribution in [0.3, 0.4) is 0 Å². The van der Waals surface area contributed by atoms with E-state index in [1.807, 2.05) is 0 Å². The number of aliphatic hydroxyl groups excluding tert-OH is 1. The van der Waals surface area contributed by atoms with E-state index in [2.05, 4.69) is 56.5 Å². The van der Waals surface area contributed by atoms with Crippen LogP contribution in [0, 0.1) is 11.8 Å². The molecule has 4 aliphatic rings. The van der Waals surface area contributed by atoms with E-state index in [1.165, 1.54) is 39.7 Å². The number of hydrogen-bond acceptors (Lipinski definition) is 25. The Labute approximate surface area is 509 Å². The van der Waals surface area contributed by atoms with Gasteiger partial charge in [0.15, 0.2) is 35.1 Å². The summed E-state index contributed by atoms with van der Waals surface area (Å²) >= 11 is 0. The number of nitrogens with one attached hydrogen (secondary N) is 6. The number of phosphoric ester groups is 2. The molecule has 1 aromatic carbocycles. The molecule has 5 aromatic rings. The highest BCUT2D eigenvalue weighted by Gasteiger charge is 2.54. The second kappa shape index (κ2) is 28.6. The SMILES string of the molecule is CC(C)[C@H](NC(=O)CCCCCN1C(=O)C=CC1=O)C(=O)N[C@@H](CCCNC(N)=O)C(=O)Nc1ccc(COC(=O)NCC[C@@H]2C3OP(=O)(O)OC[C@H]4O[C@@H](n5cnc6c(N)ncnc65)[C@@H](O)C4OP(=O)(O)OC[C@H]2O[C@H]3n2cnc3c(=O)[nH]c(N)nc32)cc1. The number of fused-ring (bicyclic) bond motifs is 5. The number of aromatic amines is 1. The third-order valence-electron chi connectivity index (χ3n) is 14.9. The van der Waals surface area contributed by atoms with Gasteiger partial charge in [0, 0.05) is 49.8 Å². The van der Waals surface area contributed by atoms with Gasteiger partial charge in [0.25, 0.3) is 17.4 Å². The summed E-state index contributed by atoms with van der Waals surface area (Å²) in [4.78, 5) is 148. The number of benzene rings is 1. The highest BCUT2D eigenvalue weighted by molar-refractivity contribution is 7.47. The number of hydrogen-bond donors (Lipinski definition) is 12. The molecular weight excluding hydrogens is 1230 g/mol. The number of anilines is 3. The monoisotopic (exact) mass is 1300 g/mol. The Balaban J connectivity index is 0.818. The molecule has 4 unspecified atom stereocenters. The van der Waals surface area contributed by atoms with E-state index < -0.39 is 143 Å². The number of primary amides is 1. The molecule has 0 spiro atoms. The first-order valence-electron chi connectivity index (χ1n) is 28.3. The van der Waals surface area contributed by atoms with Crippen LogP contribution in [0.1, 0.15) is 76.8 Å². The number of alkyl carbamates (subject to hydrolysis) is 1. The van der Waals surface area contributed by atoms with Crippen molar-refractivity contribution in [3.05, 3.63) is 71.3 Å². The number of urea groups is 1. The normalized spacial score (nSPS) is 25.9. The standard InChI is InChI=1S/C51H67N17O20P2/c1-25(2)35(63-32(69)8-4-3-5-18-66-33(70)13-14-34(66)71)45(74)62-29(7-6-16-55-50(54)76)44(73)61-27-11-9-26(10-12-27)19-82-51(77)56-17-15-28-30-20-83-90(80,81)88-40-31(86-47(38(40)72)67-23-59-36-41(52)57-22-58-42(36)67)21-84-89(78,79)87-39(28)48(85-30)68-24-60-37-43(68)64-49(53)65-46(37)75/h9-14,22-25,28-31,35,38-40,47-48,72H,3-8,15-21H2,1-2H3,(H,56,77)(H,61,73)(H,62,74)(H,63,69)(H,78,79)(H,80,81)(H2,52,57,58)(H3,54,55,76)(H3,53,64,65,75)/t28-,29-,30+,31+,35-,38-,39?,40?,47+,48+/m0/s1. The third kappa shape index (κ3) is 16.2. The predicted octanol–water partition coefficient (Wildman–Crippen LogP) is -0.272. The minimum Gasteiger partial charge on any atom is -0.445 e. The number of imide groups is 1. The van der Waals surface area contributed by atoms with Gasteiger partial charge in [-0.2, -0.15) is 4.98 Å². The molecule has 3 saturated heterocycles. The molecule has 8 heterocycles. The molecule has 12 atom stereocenters. The van der Waals surface area contributed by atoms with E-state index in [9.17, 15) is 62.4 Å². The average molecular weight is 1300 g/mol. The van der Waals surface area contributed by atoms with E-state index in [0.717, 1.165) is 17.6 Å². The van der Waals surface area contributed by atoms with Crippen molar-refractivity contribution in [1.29, 1.82) is 0 Å². The van der Waals surface area contributed by atoms with Gasteiger partial charge in [-0.05, 0) is 55.7 Å². The van der Waals surface area contributed by atoms with Gasteiger partial charge in [-0.3, -0.25) is 65.9 Å². The van der Waals surface area contributed by atoms with Crippen LogP contribution in [0.25, 0.3) is 22.3 Å². The summed E-state index contributed by atoms with van der Waals surface area (Å²) in [5, 5.41) is 24.7. The van der Waals surface area contributed by atoms with E-state index in [4.69, 9.17) is 49.5 Å². The summed E-state index contributed by atoms with van der Waals surface area (Å²) < 4.78 is 70.3. The van der Waals surface area contributed by atoms with Crippen LogP contribution in [0.2, 0.25) is 0 Å². The number of amides is 8. The number of imidazole rings is 2. The van der Waals surface area contributed by atoms with Crippen LogP contribution < -0.4 is 49.3 Å². The first kappa shape index (κ1) is 66.1. The number of aliphatic hydroxyl groups is 1. The van der Waals surface area contributed by atoms with E-state index in [-0.39, 0.29) is 91.7 Å². The Hall–Kier alpha value is -8.35. The highest BCUT2D eigenvalue weighted by atomic mass is 31.2. The number of carbonyl (C=O) groups is 7. The van der Waals surface area contributed by atoms with Crippen molar-refractivity contribution in [2.75, 3.05) is 49.6 Å². The Morgan fingerprint density at radius 3 is 2.16 bits per heavy atom. The lowest BCUT2D eigenvalue weighted by Crippen LogP contribution is -2.54. The number of H-pyrrole nitrogens is 1. The second-order valence-corrected chi connectivity index (χ2v) is 24.4. The quantitative estimate of drug-likeness (QED) is 0.0227. The summed E-state index contributed by atoms with van der Waals surface area (Å²) in [7, 11) is -10.5. The summed E-state index contributed by atoms with van der Waals surface area (Å²) in [6.45, 7) is 1.46. The van der Waals surface area contributed by atoms with Gasteiger partial charge in [0.05, 0.1) is 32.0 Å². The Bertz CT molecular complexity index is 3660. The molecule has 0 radical (unpaired) electrons. The Morgan fingerprint density at radius 1 is 0.789 bits per heavy atom. The van der Waals surface area contributed by atoms with Crippen molar-refractivity contribution in [2.45, 2.75) is 120 Å².